The highest BCUT2D eigenvalue weighted by Gasteiger charge is 2.06. The fraction of sp³-hybridized carbons (Fsp3) is 1.00. The Bertz CT molecular complexity index is 143. The lowest BCUT2D eigenvalue weighted by molar-refractivity contribution is 0.101. The largest absolute Gasteiger partial charge is 0.315 e. The van der Waals surface area contributed by atoms with Crippen LogP contribution in [-0.4, -0.2) is 70.1 Å². The van der Waals surface area contributed by atoms with Gasteiger partial charge in [0, 0.05) is 13.1 Å². The van der Waals surface area contributed by atoms with Crippen molar-refractivity contribution in [3.05, 3.63) is 0 Å². The summed E-state index contributed by atoms with van der Waals surface area (Å²) in [6, 6.07) is 0. The van der Waals surface area contributed by atoms with Crippen LogP contribution in [-0.2, 0) is 0 Å². The number of halogens is 2. The molecular formula is C10H23F2N3. The van der Waals surface area contributed by atoms with Crippen LogP contribution in [0.15, 0.2) is 0 Å². The van der Waals surface area contributed by atoms with Gasteiger partial charge < -0.3 is 10.2 Å². The molecule has 92 valence electrons. The van der Waals surface area contributed by atoms with Crippen molar-refractivity contribution in [2.24, 2.45) is 0 Å². The fourth-order valence-electron chi connectivity index (χ4n) is 1.24. The Morgan fingerprint density at radius 1 is 1.07 bits per heavy atom. The van der Waals surface area contributed by atoms with Gasteiger partial charge in [0.05, 0.1) is 6.54 Å². The molecule has 0 amide bonds. The molecule has 0 fully saturated rings. The van der Waals surface area contributed by atoms with Gasteiger partial charge in [-0.1, -0.05) is 0 Å². The average Bonchev–Trinajstić information content (AvgIpc) is 2.09. The van der Waals surface area contributed by atoms with E-state index in [1.165, 1.54) is 0 Å². The Balaban J connectivity index is 3.16. The number of rotatable bonds is 9. The second-order valence-corrected chi connectivity index (χ2v) is 4.06. The Labute approximate surface area is 91.4 Å². The highest BCUT2D eigenvalue weighted by atomic mass is 19.3. The number of likely N-dealkylation sites (N-methyl/N-ethyl adjacent to an activating group) is 1. The zero-order valence-electron chi connectivity index (χ0n) is 9.97. The van der Waals surface area contributed by atoms with E-state index >= 15 is 0 Å². The first-order chi connectivity index (χ1) is 7.02. The topological polar surface area (TPSA) is 18.5 Å². The molecule has 0 aliphatic carbocycles. The Morgan fingerprint density at radius 2 is 1.73 bits per heavy atom. The van der Waals surface area contributed by atoms with Crippen LogP contribution in [0.4, 0.5) is 8.78 Å². The van der Waals surface area contributed by atoms with E-state index in [-0.39, 0.29) is 6.54 Å². The van der Waals surface area contributed by atoms with Gasteiger partial charge >= 0.3 is 0 Å². The van der Waals surface area contributed by atoms with E-state index in [1.807, 2.05) is 14.1 Å². The smallest absolute Gasteiger partial charge is 0.251 e. The standard InChI is InChI=1S/C10H23F2N3/c1-14(2)7-4-5-13-6-8-15(3)9-10(11)12/h10,13H,4-9H2,1-3H3. The quantitative estimate of drug-likeness (QED) is 0.581. The monoisotopic (exact) mass is 223 g/mol. The van der Waals surface area contributed by atoms with Crippen molar-refractivity contribution in [2.45, 2.75) is 12.8 Å². The van der Waals surface area contributed by atoms with Gasteiger partial charge in [0.1, 0.15) is 0 Å². The number of hydrogen-bond donors (Lipinski definition) is 1. The molecule has 0 atom stereocenters. The molecule has 15 heavy (non-hydrogen) atoms. The van der Waals surface area contributed by atoms with Gasteiger partial charge in [0.2, 0.25) is 0 Å². The highest BCUT2D eigenvalue weighted by Crippen LogP contribution is 1.94. The van der Waals surface area contributed by atoms with Crippen LogP contribution in [0.5, 0.6) is 0 Å². The van der Waals surface area contributed by atoms with Crippen molar-refractivity contribution >= 4 is 0 Å². The summed E-state index contributed by atoms with van der Waals surface area (Å²) in [6.07, 6.45) is -1.14. The Hall–Kier alpha value is -0.260. The van der Waals surface area contributed by atoms with E-state index in [2.05, 4.69) is 10.2 Å². The fourth-order valence-corrected chi connectivity index (χ4v) is 1.24. The highest BCUT2D eigenvalue weighted by molar-refractivity contribution is 4.56. The van der Waals surface area contributed by atoms with Crippen LogP contribution in [0, 0.1) is 0 Å². The summed E-state index contributed by atoms with van der Waals surface area (Å²) < 4.78 is 23.9. The van der Waals surface area contributed by atoms with Gasteiger partial charge in [0.15, 0.2) is 0 Å². The lowest BCUT2D eigenvalue weighted by atomic mass is 10.4. The van der Waals surface area contributed by atoms with Gasteiger partial charge in [-0.2, -0.15) is 0 Å². The molecule has 0 aromatic rings. The summed E-state index contributed by atoms with van der Waals surface area (Å²) in [6.45, 7) is 3.31. The minimum Gasteiger partial charge on any atom is -0.315 e. The van der Waals surface area contributed by atoms with Crippen molar-refractivity contribution in [3.63, 3.8) is 0 Å². The first kappa shape index (κ1) is 14.7. The summed E-state index contributed by atoms with van der Waals surface area (Å²) in [5.41, 5.74) is 0. The predicted octanol–water partition coefficient (Wildman–Crippen LogP) is 0.725. The third kappa shape index (κ3) is 11.7. The summed E-state index contributed by atoms with van der Waals surface area (Å²) in [5.74, 6) is 0. The summed E-state index contributed by atoms with van der Waals surface area (Å²) in [4.78, 5) is 3.77. The SMILES string of the molecule is CN(C)CCCNCCN(C)CC(F)F. The lowest BCUT2D eigenvalue weighted by Crippen LogP contribution is -2.33. The van der Waals surface area contributed by atoms with Crippen molar-refractivity contribution in [2.75, 3.05) is 53.9 Å². The van der Waals surface area contributed by atoms with E-state index in [4.69, 9.17) is 0 Å². The van der Waals surface area contributed by atoms with E-state index in [0.29, 0.717) is 6.54 Å². The minimum atomic E-state index is -2.23. The molecule has 5 heteroatoms. The minimum absolute atomic E-state index is 0.140. The van der Waals surface area contributed by atoms with Crippen LogP contribution in [0.3, 0.4) is 0 Å². The summed E-state index contributed by atoms with van der Waals surface area (Å²) in [5, 5.41) is 3.23. The molecule has 3 nitrogen and oxygen atoms in total. The van der Waals surface area contributed by atoms with Gasteiger partial charge in [-0.15, -0.1) is 0 Å². The molecule has 0 radical (unpaired) electrons. The molecule has 0 spiro atoms. The normalized spacial score (nSPS) is 12.0. The number of alkyl halides is 2. The van der Waals surface area contributed by atoms with Gasteiger partial charge in [0.25, 0.3) is 6.43 Å². The zero-order valence-corrected chi connectivity index (χ0v) is 9.97. The molecule has 0 unspecified atom stereocenters. The molecule has 0 saturated carbocycles. The molecule has 0 rings (SSSR count). The van der Waals surface area contributed by atoms with Crippen molar-refractivity contribution in [1.29, 1.82) is 0 Å². The maximum atomic E-state index is 11.9. The number of hydrogen-bond acceptors (Lipinski definition) is 3. The second-order valence-electron chi connectivity index (χ2n) is 4.06. The maximum Gasteiger partial charge on any atom is 0.251 e. The first-order valence-electron chi connectivity index (χ1n) is 5.34. The average molecular weight is 223 g/mol. The van der Waals surface area contributed by atoms with E-state index < -0.39 is 6.43 Å². The van der Waals surface area contributed by atoms with Gasteiger partial charge in [-0.25, -0.2) is 8.78 Å². The Morgan fingerprint density at radius 3 is 2.27 bits per heavy atom. The van der Waals surface area contributed by atoms with E-state index in [0.717, 1.165) is 26.1 Å². The molecule has 0 bridgehead atoms. The van der Waals surface area contributed by atoms with Crippen LogP contribution in [0.2, 0.25) is 0 Å². The lowest BCUT2D eigenvalue weighted by Gasteiger charge is -2.16. The van der Waals surface area contributed by atoms with Gasteiger partial charge in [-0.05, 0) is 40.7 Å². The second kappa shape index (κ2) is 9.00. The van der Waals surface area contributed by atoms with Crippen LogP contribution >= 0.6 is 0 Å². The number of nitrogens with zero attached hydrogens (tertiary/aromatic N) is 2. The Kier molecular flexibility index (Phi) is 8.85. The molecular weight excluding hydrogens is 200 g/mol. The molecule has 0 aliphatic rings. The third-order valence-corrected chi connectivity index (χ3v) is 2.08. The molecule has 1 N–H and O–H groups in total. The van der Waals surface area contributed by atoms with E-state index in [1.54, 1.807) is 11.9 Å². The van der Waals surface area contributed by atoms with Crippen molar-refractivity contribution in [3.8, 4) is 0 Å². The van der Waals surface area contributed by atoms with Gasteiger partial charge in [-0.3, -0.25) is 4.90 Å². The van der Waals surface area contributed by atoms with Crippen molar-refractivity contribution in [1.82, 2.24) is 15.1 Å². The van der Waals surface area contributed by atoms with E-state index in [9.17, 15) is 8.78 Å². The number of nitrogens with one attached hydrogen (secondary N) is 1. The molecule has 0 saturated heterocycles. The van der Waals surface area contributed by atoms with Crippen molar-refractivity contribution < 1.29 is 8.78 Å². The maximum absolute atomic E-state index is 11.9. The molecule has 0 heterocycles. The molecule has 0 aliphatic heterocycles. The third-order valence-electron chi connectivity index (χ3n) is 2.08. The van der Waals surface area contributed by atoms with Crippen LogP contribution < -0.4 is 5.32 Å². The van der Waals surface area contributed by atoms with Crippen LogP contribution in [0.1, 0.15) is 6.42 Å². The summed E-state index contributed by atoms with van der Waals surface area (Å²) in [7, 11) is 5.79. The predicted molar refractivity (Wildman–Crippen MR) is 59.5 cm³/mol. The molecule has 0 aromatic heterocycles. The zero-order chi connectivity index (χ0) is 11.7. The summed E-state index contributed by atoms with van der Waals surface area (Å²) >= 11 is 0. The molecule has 0 aromatic carbocycles. The van der Waals surface area contributed by atoms with Crippen LogP contribution in [0.25, 0.3) is 0 Å². The first-order valence-corrected chi connectivity index (χ1v) is 5.34.